The van der Waals surface area contributed by atoms with E-state index in [-0.39, 0.29) is 24.6 Å². The van der Waals surface area contributed by atoms with Crippen molar-refractivity contribution in [1.29, 1.82) is 0 Å². The summed E-state index contributed by atoms with van der Waals surface area (Å²) in [7, 11) is 0. The Morgan fingerprint density at radius 1 is 1.36 bits per heavy atom. The summed E-state index contributed by atoms with van der Waals surface area (Å²) in [5.41, 5.74) is 0.00768. The van der Waals surface area contributed by atoms with Crippen molar-refractivity contribution in [2.75, 3.05) is 19.7 Å². The Balaban J connectivity index is 0.00000169. The third-order valence-electron chi connectivity index (χ3n) is 1.72. The Bertz CT molecular complexity index is 301. The zero-order chi connectivity index (χ0) is 9.52. The van der Waals surface area contributed by atoms with Crippen LogP contribution in [-0.2, 0) is 6.54 Å². The number of hydrogen-bond acceptors (Lipinski definition) is 3. The van der Waals surface area contributed by atoms with Crippen LogP contribution in [0.15, 0.2) is 29.2 Å². The van der Waals surface area contributed by atoms with Gasteiger partial charge >= 0.3 is 0 Å². The molecule has 0 radical (unpaired) electrons. The molecule has 4 nitrogen and oxygen atoms in total. The van der Waals surface area contributed by atoms with Crippen molar-refractivity contribution in [2.45, 2.75) is 6.54 Å². The first-order chi connectivity index (χ1) is 6.34. The first-order valence-electron chi connectivity index (χ1n) is 4.31. The SMILES string of the molecule is Cl.O=c1ccccn1CCNCCO. The summed E-state index contributed by atoms with van der Waals surface area (Å²) in [6.07, 6.45) is 1.75. The highest BCUT2D eigenvalue weighted by Gasteiger charge is 1.91. The molecule has 1 aromatic heterocycles. The standard InChI is InChI=1S/C9H14N2O2.ClH/c12-8-5-10-4-7-11-6-2-1-3-9(11)13;/h1-3,6,10,12H,4-5,7-8H2;1H. The summed E-state index contributed by atoms with van der Waals surface area (Å²) in [6, 6.07) is 5.08. The Hall–Kier alpha value is -0.840. The molecule has 1 rings (SSSR count). The van der Waals surface area contributed by atoms with Crippen molar-refractivity contribution in [3.05, 3.63) is 34.7 Å². The van der Waals surface area contributed by atoms with Crippen molar-refractivity contribution < 1.29 is 5.11 Å². The summed E-state index contributed by atoms with van der Waals surface area (Å²) >= 11 is 0. The van der Waals surface area contributed by atoms with E-state index < -0.39 is 0 Å². The maximum Gasteiger partial charge on any atom is 0.250 e. The Morgan fingerprint density at radius 2 is 2.14 bits per heavy atom. The Morgan fingerprint density at radius 3 is 2.79 bits per heavy atom. The van der Waals surface area contributed by atoms with Gasteiger partial charge < -0.3 is 15.0 Å². The second-order valence-corrected chi connectivity index (χ2v) is 2.71. The van der Waals surface area contributed by atoms with E-state index in [4.69, 9.17) is 5.11 Å². The number of pyridine rings is 1. The smallest absolute Gasteiger partial charge is 0.250 e. The normalized spacial score (nSPS) is 9.50. The number of rotatable bonds is 5. The number of nitrogens with one attached hydrogen (secondary N) is 1. The van der Waals surface area contributed by atoms with Gasteiger partial charge in [-0.1, -0.05) is 6.07 Å². The molecule has 14 heavy (non-hydrogen) atoms. The van der Waals surface area contributed by atoms with Gasteiger partial charge in [-0.15, -0.1) is 12.4 Å². The van der Waals surface area contributed by atoms with Crippen LogP contribution in [-0.4, -0.2) is 29.4 Å². The summed E-state index contributed by atoms with van der Waals surface area (Å²) in [5.74, 6) is 0. The first-order valence-corrected chi connectivity index (χ1v) is 4.31. The maximum absolute atomic E-state index is 11.2. The van der Waals surface area contributed by atoms with Crippen molar-refractivity contribution >= 4 is 12.4 Å². The second kappa shape index (κ2) is 7.55. The zero-order valence-electron chi connectivity index (χ0n) is 7.85. The van der Waals surface area contributed by atoms with Crippen molar-refractivity contribution in [2.24, 2.45) is 0 Å². The van der Waals surface area contributed by atoms with Crippen LogP contribution in [0.1, 0.15) is 0 Å². The monoisotopic (exact) mass is 218 g/mol. The molecule has 0 atom stereocenters. The van der Waals surface area contributed by atoms with Gasteiger partial charge in [0.25, 0.3) is 5.56 Å². The molecule has 2 N–H and O–H groups in total. The van der Waals surface area contributed by atoms with Gasteiger partial charge in [0.15, 0.2) is 0 Å². The van der Waals surface area contributed by atoms with Crippen LogP contribution in [0.4, 0.5) is 0 Å². The summed E-state index contributed by atoms with van der Waals surface area (Å²) in [5, 5.41) is 11.5. The van der Waals surface area contributed by atoms with E-state index in [0.717, 1.165) is 0 Å². The molecule has 0 amide bonds. The van der Waals surface area contributed by atoms with E-state index >= 15 is 0 Å². The molecule has 0 aliphatic heterocycles. The molecule has 0 fully saturated rings. The van der Waals surface area contributed by atoms with Gasteiger partial charge in [-0.2, -0.15) is 0 Å². The molecule has 0 unspecified atom stereocenters. The maximum atomic E-state index is 11.2. The number of aliphatic hydroxyl groups is 1. The minimum Gasteiger partial charge on any atom is -0.395 e. The van der Waals surface area contributed by atoms with Crippen molar-refractivity contribution in [3.8, 4) is 0 Å². The minimum atomic E-state index is 0. The van der Waals surface area contributed by atoms with Gasteiger partial charge in [0, 0.05) is 31.9 Å². The molecule has 0 saturated carbocycles. The molecule has 5 heteroatoms. The average molecular weight is 219 g/mol. The van der Waals surface area contributed by atoms with Crippen LogP contribution in [0.25, 0.3) is 0 Å². The van der Waals surface area contributed by atoms with Crippen LogP contribution in [0, 0.1) is 0 Å². The second-order valence-electron chi connectivity index (χ2n) is 2.71. The summed E-state index contributed by atoms with van der Waals surface area (Å²) in [4.78, 5) is 11.2. The van der Waals surface area contributed by atoms with Gasteiger partial charge in [0.05, 0.1) is 6.61 Å². The van der Waals surface area contributed by atoms with Crippen LogP contribution < -0.4 is 10.9 Å². The highest BCUT2D eigenvalue weighted by molar-refractivity contribution is 5.85. The minimum absolute atomic E-state index is 0. The summed E-state index contributed by atoms with van der Waals surface area (Å²) < 4.78 is 1.63. The molecule has 0 saturated heterocycles. The fourth-order valence-electron chi connectivity index (χ4n) is 1.05. The highest BCUT2D eigenvalue weighted by Crippen LogP contribution is 1.80. The third kappa shape index (κ3) is 4.41. The van der Waals surface area contributed by atoms with Crippen LogP contribution in [0.3, 0.4) is 0 Å². The molecule has 1 heterocycles. The average Bonchev–Trinajstić information content (AvgIpc) is 2.15. The van der Waals surface area contributed by atoms with E-state index in [1.807, 2.05) is 6.07 Å². The highest BCUT2D eigenvalue weighted by atomic mass is 35.5. The zero-order valence-corrected chi connectivity index (χ0v) is 8.67. The lowest BCUT2D eigenvalue weighted by Gasteiger charge is -2.04. The number of aliphatic hydroxyl groups excluding tert-OH is 1. The van der Waals surface area contributed by atoms with Gasteiger partial charge in [-0.25, -0.2) is 0 Å². The molecule has 1 aromatic rings. The molecule has 0 bridgehead atoms. The first kappa shape index (κ1) is 13.2. The van der Waals surface area contributed by atoms with E-state index in [2.05, 4.69) is 5.32 Å². The van der Waals surface area contributed by atoms with Crippen molar-refractivity contribution in [3.63, 3.8) is 0 Å². The third-order valence-corrected chi connectivity index (χ3v) is 1.72. The van der Waals surface area contributed by atoms with Gasteiger partial charge in [0.2, 0.25) is 0 Å². The van der Waals surface area contributed by atoms with Crippen LogP contribution >= 0.6 is 12.4 Å². The lowest BCUT2D eigenvalue weighted by atomic mass is 10.4. The molecule has 0 aliphatic rings. The predicted octanol–water partition coefficient (Wildman–Crippen LogP) is -0.148. The van der Waals surface area contributed by atoms with E-state index in [1.165, 1.54) is 6.07 Å². The number of halogens is 1. The molecule has 80 valence electrons. The Labute approximate surface area is 89.0 Å². The number of nitrogens with zero attached hydrogens (tertiary/aromatic N) is 1. The molecule has 0 aromatic carbocycles. The van der Waals surface area contributed by atoms with Gasteiger partial charge in [-0.05, 0) is 6.07 Å². The fourth-order valence-corrected chi connectivity index (χ4v) is 1.05. The molecule has 0 spiro atoms. The largest absolute Gasteiger partial charge is 0.395 e. The summed E-state index contributed by atoms with van der Waals surface area (Å²) in [6.45, 7) is 2.04. The van der Waals surface area contributed by atoms with E-state index in [0.29, 0.717) is 19.6 Å². The topological polar surface area (TPSA) is 54.3 Å². The number of aromatic nitrogens is 1. The van der Waals surface area contributed by atoms with Gasteiger partial charge in [0.1, 0.15) is 0 Å². The van der Waals surface area contributed by atoms with Crippen molar-refractivity contribution in [1.82, 2.24) is 9.88 Å². The van der Waals surface area contributed by atoms with Crippen LogP contribution in [0.2, 0.25) is 0 Å². The fraction of sp³-hybridized carbons (Fsp3) is 0.444. The Kier molecular flexibility index (Phi) is 7.10. The van der Waals surface area contributed by atoms with Crippen LogP contribution in [0.5, 0.6) is 0 Å². The van der Waals surface area contributed by atoms with E-state index in [9.17, 15) is 4.79 Å². The lowest BCUT2D eigenvalue weighted by Crippen LogP contribution is -2.27. The molecular weight excluding hydrogens is 204 g/mol. The quantitative estimate of drug-likeness (QED) is 0.676. The molecule has 0 aliphatic carbocycles. The lowest BCUT2D eigenvalue weighted by molar-refractivity contribution is 0.291. The van der Waals surface area contributed by atoms with Gasteiger partial charge in [-0.3, -0.25) is 4.79 Å². The predicted molar refractivity (Wildman–Crippen MR) is 57.9 cm³/mol. The number of hydrogen-bond donors (Lipinski definition) is 2. The molecular formula is C9H15ClN2O2. The van der Waals surface area contributed by atoms with E-state index in [1.54, 1.807) is 16.8 Å².